The van der Waals surface area contributed by atoms with Crippen molar-refractivity contribution in [3.8, 4) is 0 Å². The number of likely N-dealkylation sites (tertiary alicyclic amines) is 1. The van der Waals surface area contributed by atoms with E-state index in [2.05, 4.69) is 56.7 Å². The van der Waals surface area contributed by atoms with E-state index in [0.717, 1.165) is 51.9 Å². The van der Waals surface area contributed by atoms with Crippen molar-refractivity contribution in [2.75, 3.05) is 60.0 Å². The van der Waals surface area contributed by atoms with Crippen LogP contribution in [-0.4, -0.2) is 75.8 Å². The van der Waals surface area contributed by atoms with Gasteiger partial charge in [-0.1, -0.05) is 24.3 Å². The lowest BCUT2D eigenvalue weighted by Crippen LogP contribution is -2.40. The second-order valence-corrected chi connectivity index (χ2v) is 7.38. The molecule has 0 radical (unpaired) electrons. The van der Waals surface area contributed by atoms with Crippen LogP contribution in [0.2, 0.25) is 0 Å². The molecule has 0 aliphatic carbocycles. The van der Waals surface area contributed by atoms with Gasteiger partial charge in [0, 0.05) is 46.3 Å². The van der Waals surface area contributed by atoms with Crippen LogP contribution < -0.4 is 10.6 Å². The van der Waals surface area contributed by atoms with Crippen LogP contribution in [0.1, 0.15) is 17.5 Å². The first-order chi connectivity index (χ1) is 12.7. The second-order valence-electron chi connectivity index (χ2n) is 7.38. The number of guanidine groups is 1. The Morgan fingerprint density at radius 2 is 1.89 bits per heavy atom. The summed E-state index contributed by atoms with van der Waals surface area (Å²) in [6.07, 6.45) is 1.27. The highest BCUT2D eigenvalue weighted by atomic mass is 127. The average Bonchev–Trinajstić information content (AvgIpc) is 3.09. The highest BCUT2D eigenvalue weighted by molar-refractivity contribution is 14.0. The number of morpholine rings is 1. The smallest absolute Gasteiger partial charge is 0.191 e. The van der Waals surface area contributed by atoms with E-state index in [-0.39, 0.29) is 24.0 Å². The average molecular weight is 487 g/mol. The third-order valence-electron chi connectivity index (χ3n) is 5.33. The molecule has 0 spiro atoms. The summed E-state index contributed by atoms with van der Waals surface area (Å²) in [7, 11) is 4.04. The molecule has 0 saturated carbocycles. The van der Waals surface area contributed by atoms with Crippen molar-refractivity contribution < 1.29 is 4.74 Å². The normalized spacial score (nSPS) is 21.7. The summed E-state index contributed by atoms with van der Waals surface area (Å²) in [5.74, 6) is 1.60. The lowest BCUT2D eigenvalue weighted by molar-refractivity contribution is 0.0341. The van der Waals surface area contributed by atoms with Crippen molar-refractivity contribution in [3.63, 3.8) is 0 Å². The van der Waals surface area contributed by atoms with Gasteiger partial charge in [0.05, 0.1) is 13.2 Å². The van der Waals surface area contributed by atoms with Crippen molar-refractivity contribution in [3.05, 3.63) is 35.4 Å². The van der Waals surface area contributed by atoms with Crippen molar-refractivity contribution in [1.82, 2.24) is 20.4 Å². The fourth-order valence-electron chi connectivity index (χ4n) is 3.72. The molecule has 152 valence electrons. The standard InChI is InChI=1S/C20H33N5O.HI/c1-21-20(22-13-17-7-8-24(2)15-17)23-14-18-5-3-4-6-19(18)16-25-9-11-26-12-10-25;/h3-6,17H,7-16H2,1-2H3,(H2,21,22,23);1H. The summed E-state index contributed by atoms with van der Waals surface area (Å²) in [5.41, 5.74) is 2.72. The number of hydrogen-bond donors (Lipinski definition) is 2. The molecule has 0 bridgehead atoms. The molecule has 3 rings (SSSR count). The molecule has 2 aliphatic heterocycles. The predicted octanol–water partition coefficient (Wildman–Crippen LogP) is 1.75. The number of hydrogen-bond acceptors (Lipinski definition) is 4. The first-order valence-corrected chi connectivity index (χ1v) is 9.74. The minimum Gasteiger partial charge on any atom is -0.379 e. The first-order valence-electron chi connectivity index (χ1n) is 9.74. The molecule has 0 amide bonds. The highest BCUT2D eigenvalue weighted by Gasteiger charge is 2.19. The Bertz CT molecular complexity index is 591. The van der Waals surface area contributed by atoms with Gasteiger partial charge < -0.3 is 20.3 Å². The number of nitrogens with zero attached hydrogens (tertiary/aromatic N) is 3. The molecule has 2 fully saturated rings. The van der Waals surface area contributed by atoms with Crippen LogP contribution in [0.4, 0.5) is 0 Å². The van der Waals surface area contributed by atoms with E-state index in [1.807, 2.05) is 7.05 Å². The molecule has 7 heteroatoms. The quantitative estimate of drug-likeness (QED) is 0.364. The zero-order valence-corrected chi connectivity index (χ0v) is 18.9. The summed E-state index contributed by atoms with van der Waals surface area (Å²) in [6.45, 7) is 8.85. The summed E-state index contributed by atoms with van der Waals surface area (Å²) >= 11 is 0. The number of halogens is 1. The maximum atomic E-state index is 5.46. The van der Waals surface area contributed by atoms with Crippen LogP contribution in [0.25, 0.3) is 0 Å². The van der Waals surface area contributed by atoms with Crippen LogP contribution in [0.5, 0.6) is 0 Å². The highest BCUT2D eigenvalue weighted by Crippen LogP contribution is 2.14. The van der Waals surface area contributed by atoms with E-state index in [9.17, 15) is 0 Å². The number of rotatable bonds is 6. The zero-order chi connectivity index (χ0) is 18.2. The lowest BCUT2D eigenvalue weighted by atomic mass is 10.1. The van der Waals surface area contributed by atoms with Crippen LogP contribution in [0.15, 0.2) is 29.3 Å². The molecule has 2 N–H and O–H groups in total. The molecule has 1 aromatic carbocycles. The molecule has 27 heavy (non-hydrogen) atoms. The Balaban J connectivity index is 0.00000261. The Morgan fingerprint density at radius 3 is 2.56 bits per heavy atom. The maximum Gasteiger partial charge on any atom is 0.191 e. The number of benzene rings is 1. The third kappa shape index (κ3) is 7.21. The first kappa shape index (κ1) is 22.4. The second kappa shape index (κ2) is 11.8. The van der Waals surface area contributed by atoms with E-state index in [1.165, 1.54) is 30.6 Å². The molecule has 2 heterocycles. The molecular weight excluding hydrogens is 453 g/mol. The molecule has 0 aromatic heterocycles. The molecule has 2 saturated heterocycles. The summed E-state index contributed by atoms with van der Waals surface area (Å²) < 4.78 is 5.46. The van der Waals surface area contributed by atoms with E-state index in [1.54, 1.807) is 0 Å². The van der Waals surface area contributed by atoms with Crippen molar-refractivity contribution in [2.45, 2.75) is 19.5 Å². The van der Waals surface area contributed by atoms with Crippen LogP contribution in [0, 0.1) is 5.92 Å². The van der Waals surface area contributed by atoms with Gasteiger partial charge >= 0.3 is 0 Å². The number of ether oxygens (including phenoxy) is 1. The maximum absolute atomic E-state index is 5.46. The molecular formula is C20H34IN5O. The Morgan fingerprint density at radius 1 is 1.15 bits per heavy atom. The summed E-state index contributed by atoms with van der Waals surface area (Å²) in [5, 5.41) is 6.97. The molecule has 6 nitrogen and oxygen atoms in total. The van der Waals surface area contributed by atoms with E-state index >= 15 is 0 Å². The SMILES string of the molecule is CN=C(NCc1ccccc1CN1CCOCC1)NCC1CCN(C)C1.I. The summed E-state index contributed by atoms with van der Waals surface area (Å²) in [4.78, 5) is 9.24. The van der Waals surface area contributed by atoms with Gasteiger partial charge in [-0.05, 0) is 37.1 Å². The Labute approximate surface area is 180 Å². The molecule has 1 aromatic rings. The van der Waals surface area contributed by atoms with E-state index in [0.29, 0.717) is 5.92 Å². The fourth-order valence-corrected chi connectivity index (χ4v) is 3.72. The van der Waals surface area contributed by atoms with Crippen molar-refractivity contribution in [1.29, 1.82) is 0 Å². The monoisotopic (exact) mass is 487 g/mol. The van der Waals surface area contributed by atoms with Gasteiger partial charge in [0.2, 0.25) is 0 Å². The van der Waals surface area contributed by atoms with Gasteiger partial charge in [-0.2, -0.15) is 0 Å². The number of aliphatic imine (C=N–C) groups is 1. The minimum absolute atomic E-state index is 0. The minimum atomic E-state index is 0. The third-order valence-corrected chi connectivity index (χ3v) is 5.33. The van der Waals surface area contributed by atoms with Gasteiger partial charge in [-0.3, -0.25) is 9.89 Å². The van der Waals surface area contributed by atoms with Crippen LogP contribution in [-0.2, 0) is 17.8 Å². The zero-order valence-electron chi connectivity index (χ0n) is 16.6. The molecule has 1 unspecified atom stereocenters. The van der Waals surface area contributed by atoms with E-state index < -0.39 is 0 Å². The van der Waals surface area contributed by atoms with Gasteiger partial charge in [-0.15, -0.1) is 24.0 Å². The van der Waals surface area contributed by atoms with Crippen molar-refractivity contribution in [2.24, 2.45) is 10.9 Å². The van der Waals surface area contributed by atoms with Gasteiger partial charge in [-0.25, -0.2) is 0 Å². The summed E-state index contributed by atoms with van der Waals surface area (Å²) in [6, 6.07) is 8.69. The number of nitrogens with one attached hydrogen (secondary N) is 2. The van der Waals surface area contributed by atoms with Gasteiger partial charge in [0.25, 0.3) is 0 Å². The van der Waals surface area contributed by atoms with E-state index in [4.69, 9.17) is 4.74 Å². The van der Waals surface area contributed by atoms with Crippen LogP contribution >= 0.6 is 24.0 Å². The van der Waals surface area contributed by atoms with Crippen molar-refractivity contribution >= 4 is 29.9 Å². The van der Waals surface area contributed by atoms with Gasteiger partial charge in [0.1, 0.15) is 0 Å². The fraction of sp³-hybridized carbons (Fsp3) is 0.650. The predicted molar refractivity (Wildman–Crippen MR) is 122 cm³/mol. The molecule has 1 atom stereocenters. The largest absolute Gasteiger partial charge is 0.379 e. The molecule has 2 aliphatic rings. The Kier molecular flexibility index (Phi) is 9.81. The lowest BCUT2D eigenvalue weighted by Gasteiger charge is -2.27. The van der Waals surface area contributed by atoms with Crippen LogP contribution in [0.3, 0.4) is 0 Å². The Hall–Kier alpha value is -0.900. The topological polar surface area (TPSA) is 52.1 Å². The van der Waals surface area contributed by atoms with Gasteiger partial charge in [0.15, 0.2) is 5.96 Å².